The van der Waals surface area contributed by atoms with Crippen LogP contribution < -0.4 is 15.0 Å². The van der Waals surface area contributed by atoms with Crippen molar-refractivity contribution in [2.75, 3.05) is 43.5 Å². The minimum atomic E-state index is -0.176. The number of amides is 2. The molecule has 0 aliphatic carbocycles. The van der Waals surface area contributed by atoms with Gasteiger partial charge in [-0.05, 0) is 23.6 Å². The van der Waals surface area contributed by atoms with E-state index in [0.717, 1.165) is 24.5 Å². The third-order valence-corrected chi connectivity index (χ3v) is 6.58. The van der Waals surface area contributed by atoms with Gasteiger partial charge in [0.05, 0.1) is 29.8 Å². The highest BCUT2D eigenvalue weighted by Gasteiger charge is 2.23. The molecule has 9 heteroatoms. The van der Waals surface area contributed by atoms with Crippen LogP contribution in [0.4, 0.5) is 10.8 Å². The highest BCUT2D eigenvalue weighted by Crippen LogP contribution is 2.28. The van der Waals surface area contributed by atoms with Gasteiger partial charge in [0.1, 0.15) is 5.75 Å². The number of thiazole rings is 1. The molecule has 0 radical (unpaired) electrons. The lowest BCUT2D eigenvalue weighted by Gasteiger charge is -2.36. The number of carbonyl (C=O) groups is 2. The first kappa shape index (κ1) is 20.4. The van der Waals surface area contributed by atoms with Crippen LogP contribution in [-0.2, 0) is 11.2 Å². The SMILES string of the molecule is COc1ccccc1N1CCN(C(=O)Cc2csc(NC(=O)c3cccs3)n2)CC1. The quantitative estimate of drug-likeness (QED) is 0.634. The average Bonchev–Trinajstić information content (AvgIpc) is 3.46. The monoisotopic (exact) mass is 442 g/mol. The Kier molecular flexibility index (Phi) is 6.29. The lowest BCUT2D eigenvalue weighted by molar-refractivity contribution is -0.130. The fourth-order valence-electron chi connectivity index (χ4n) is 3.37. The van der Waals surface area contributed by atoms with Gasteiger partial charge in [-0.3, -0.25) is 14.9 Å². The summed E-state index contributed by atoms with van der Waals surface area (Å²) >= 11 is 2.71. The Balaban J connectivity index is 1.30. The number of ether oxygens (including phenoxy) is 1. The zero-order valence-electron chi connectivity index (χ0n) is 16.5. The summed E-state index contributed by atoms with van der Waals surface area (Å²) < 4.78 is 5.45. The van der Waals surface area contributed by atoms with Crippen molar-refractivity contribution in [3.8, 4) is 5.75 Å². The summed E-state index contributed by atoms with van der Waals surface area (Å²) in [5.74, 6) is 0.720. The molecule has 1 aliphatic heterocycles. The summed E-state index contributed by atoms with van der Waals surface area (Å²) in [5.41, 5.74) is 1.73. The zero-order valence-corrected chi connectivity index (χ0v) is 18.2. The van der Waals surface area contributed by atoms with Crippen molar-refractivity contribution < 1.29 is 14.3 Å². The Morgan fingerprint density at radius 3 is 2.63 bits per heavy atom. The maximum atomic E-state index is 12.7. The van der Waals surface area contributed by atoms with E-state index in [1.165, 1.54) is 22.7 Å². The molecule has 7 nitrogen and oxygen atoms in total. The van der Waals surface area contributed by atoms with E-state index < -0.39 is 0 Å². The van der Waals surface area contributed by atoms with Crippen LogP contribution in [0.2, 0.25) is 0 Å². The van der Waals surface area contributed by atoms with Crippen molar-refractivity contribution in [3.63, 3.8) is 0 Å². The second-order valence-corrected chi connectivity index (χ2v) is 8.60. The number of hydrogen-bond acceptors (Lipinski definition) is 7. The Labute approximate surface area is 182 Å². The summed E-state index contributed by atoms with van der Waals surface area (Å²) in [4.78, 5) is 34.0. The second kappa shape index (κ2) is 9.27. The molecule has 0 unspecified atom stereocenters. The van der Waals surface area contributed by atoms with Crippen molar-refractivity contribution in [2.24, 2.45) is 0 Å². The fraction of sp³-hybridized carbons (Fsp3) is 0.286. The predicted octanol–water partition coefficient (Wildman–Crippen LogP) is 3.36. The molecule has 1 aromatic carbocycles. The number of thiophene rings is 1. The molecule has 2 amide bonds. The van der Waals surface area contributed by atoms with Crippen LogP contribution in [0.5, 0.6) is 5.75 Å². The molecule has 1 N–H and O–H groups in total. The van der Waals surface area contributed by atoms with E-state index in [2.05, 4.69) is 15.2 Å². The molecule has 2 aromatic heterocycles. The summed E-state index contributed by atoms with van der Waals surface area (Å²) in [6.07, 6.45) is 0.236. The van der Waals surface area contributed by atoms with Crippen molar-refractivity contribution in [2.45, 2.75) is 6.42 Å². The molecule has 4 rings (SSSR count). The van der Waals surface area contributed by atoms with E-state index in [1.54, 1.807) is 13.2 Å². The van der Waals surface area contributed by atoms with Gasteiger partial charge in [-0.1, -0.05) is 18.2 Å². The van der Waals surface area contributed by atoms with Crippen LogP contribution in [-0.4, -0.2) is 55.0 Å². The Bertz CT molecular complexity index is 1010. The first-order valence-electron chi connectivity index (χ1n) is 9.59. The molecule has 30 heavy (non-hydrogen) atoms. The molecule has 1 fully saturated rings. The number of methoxy groups -OCH3 is 1. The van der Waals surface area contributed by atoms with Crippen LogP contribution in [0.25, 0.3) is 0 Å². The number of carbonyl (C=O) groups excluding carboxylic acids is 2. The van der Waals surface area contributed by atoms with E-state index >= 15 is 0 Å². The van der Waals surface area contributed by atoms with Gasteiger partial charge < -0.3 is 14.5 Å². The van der Waals surface area contributed by atoms with Gasteiger partial charge in [0.15, 0.2) is 5.13 Å². The number of nitrogens with one attached hydrogen (secondary N) is 1. The Morgan fingerprint density at radius 1 is 1.10 bits per heavy atom. The molecule has 0 atom stereocenters. The largest absolute Gasteiger partial charge is 0.495 e. The molecule has 1 aliphatic rings. The highest BCUT2D eigenvalue weighted by molar-refractivity contribution is 7.14. The minimum absolute atomic E-state index is 0.0520. The minimum Gasteiger partial charge on any atom is -0.495 e. The lowest BCUT2D eigenvalue weighted by Crippen LogP contribution is -2.49. The molecule has 3 heterocycles. The van der Waals surface area contributed by atoms with E-state index in [9.17, 15) is 9.59 Å². The molecule has 0 saturated carbocycles. The van der Waals surface area contributed by atoms with Gasteiger partial charge in [-0.25, -0.2) is 4.98 Å². The average molecular weight is 443 g/mol. The number of piperazine rings is 1. The first-order chi connectivity index (χ1) is 14.6. The van der Waals surface area contributed by atoms with E-state index in [0.29, 0.717) is 28.8 Å². The van der Waals surface area contributed by atoms with E-state index in [1.807, 2.05) is 46.0 Å². The Hall–Kier alpha value is -2.91. The van der Waals surface area contributed by atoms with Crippen LogP contribution in [0.15, 0.2) is 47.2 Å². The number of hydrogen-bond donors (Lipinski definition) is 1. The topological polar surface area (TPSA) is 74.8 Å². The normalized spacial score (nSPS) is 13.9. The number of anilines is 2. The van der Waals surface area contributed by atoms with Crippen molar-refractivity contribution >= 4 is 45.3 Å². The van der Waals surface area contributed by atoms with Crippen LogP contribution in [0.1, 0.15) is 15.4 Å². The maximum absolute atomic E-state index is 12.7. The number of para-hydroxylation sites is 2. The standard InChI is InChI=1S/C21H22N4O3S2/c1-28-17-6-3-2-5-16(17)24-8-10-25(11-9-24)19(26)13-15-14-30-21(22-15)23-20(27)18-7-4-12-29-18/h2-7,12,14H,8-11,13H2,1H3,(H,22,23,27). The maximum Gasteiger partial charge on any atom is 0.267 e. The number of aromatic nitrogens is 1. The van der Waals surface area contributed by atoms with Gasteiger partial charge in [0.2, 0.25) is 5.91 Å². The second-order valence-electron chi connectivity index (χ2n) is 6.79. The van der Waals surface area contributed by atoms with Gasteiger partial charge >= 0.3 is 0 Å². The molecule has 3 aromatic rings. The smallest absolute Gasteiger partial charge is 0.267 e. The van der Waals surface area contributed by atoms with E-state index in [-0.39, 0.29) is 18.2 Å². The third kappa shape index (κ3) is 4.63. The van der Waals surface area contributed by atoms with Crippen LogP contribution >= 0.6 is 22.7 Å². The summed E-state index contributed by atoms with van der Waals surface area (Å²) in [5, 5.41) is 6.98. The Morgan fingerprint density at radius 2 is 1.90 bits per heavy atom. The predicted molar refractivity (Wildman–Crippen MR) is 120 cm³/mol. The molecular formula is C21H22N4O3S2. The van der Waals surface area contributed by atoms with Crippen LogP contribution in [0, 0.1) is 0 Å². The van der Waals surface area contributed by atoms with Gasteiger partial charge in [0.25, 0.3) is 5.91 Å². The third-order valence-electron chi connectivity index (χ3n) is 4.91. The fourth-order valence-corrected chi connectivity index (χ4v) is 4.69. The first-order valence-corrected chi connectivity index (χ1v) is 11.3. The zero-order chi connectivity index (χ0) is 20.9. The molecule has 0 spiro atoms. The summed E-state index contributed by atoms with van der Waals surface area (Å²) in [7, 11) is 1.67. The molecule has 0 bridgehead atoms. The van der Waals surface area contributed by atoms with Crippen LogP contribution in [0.3, 0.4) is 0 Å². The van der Waals surface area contributed by atoms with Gasteiger partial charge in [-0.2, -0.15) is 0 Å². The van der Waals surface area contributed by atoms with Gasteiger partial charge in [0, 0.05) is 31.6 Å². The summed E-state index contributed by atoms with van der Waals surface area (Å²) in [6, 6.07) is 11.5. The van der Waals surface area contributed by atoms with E-state index in [4.69, 9.17) is 4.74 Å². The molecule has 1 saturated heterocycles. The summed E-state index contributed by atoms with van der Waals surface area (Å²) in [6.45, 7) is 2.82. The van der Waals surface area contributed by atoms with Crippen molar-refractivity contribution in [3.05, 3.63) is 57.7 Å². The molecular weight excluding hydrogens is 420 g/mol. The number of nitrogens with zero attached hydrogens (tertiary/aromatic N) is 3. The highest BCUT2D eigenvalue weighted by atomic mass is 32.1. The molecule has 156 valence electrons. The van der Waals surface area contributed by atoms with Gasteiger partial charge in [-0.15, -0.1) is 22.7 Å². The van der Waals surface area contributed by atoms with Crippen molar-refractivity contribution in [1.29, 1.82) is 0 Å². The van der Waals surface area contributed by atoms with Crippen molar-refractivity contribution in [1.82, 2.24) is 9.88 Å². The number of rotatable bonds is 6. The lowest BCUT2D eigenvalue weighted by atomic mass is 10.2. The number of benzene rings is 1.